The van der Waals surface area contributed by atoms with Crippen LogP contribution in [0.4, 0.5) is 5.13 Å². The molecule has 6 heteroatoms. The Bertz CT molecular complexity index is 437. The summed E-state index contributed by atoms with van der Waals surface area (Å²) >= 11 is 1.11. The number of carbonyl (C=O) groups is 2. The van der Waals surface area contributed by atoms with Crippen LogP contribution in [0.5, 0.6) is 0 Å². The van der Waals surface area contributed by atoms with E-state index in [-0.39, 0.29) is 22.4 Å². The zero-order valence-corrected chi connectivity index (χ0v) is 12.5. The molecule has 5 nitrogen and oxygen atoms in total. The fourth-order valence-corrected chi connectivity index (χ4v) is 2.60. The number of aromatic carboxylic acids is 1. The van der Waals surface area contributed by atoms with E-state index in [4.69, 9.17) is 5.11 Å². The summed E-state index contributed by atoms with van der Waals surface area (Å²) in [7, 11) is 0. The van der Waals surface area contributed by atoms with E-state index in [2.05, 4.69) is 24.1 Å². The lowest BCUT2D eigenvalue weighted by Crippen LogP contribution is -2.15. The van der Waals surface area contributed by atoms with Crippen LogP contribution in [0.15, 0.2) is 0 Å². The molecular formula is C13H20N2O3S. The van der Waals surface area contributed by atoms with Crippen molar-refractivity contribution in [1.29, 1.82) is 0 Å². The highest BCUT2D eigenvalue weighted by Crippen LogP contribution is 2.25. The lowest BCUT2D eigenvalue weighted by atomic mass is 10.0. The van der Waals surface area contributed by atoms with Crippen LogP contribution in [0.25, 0.3) is 0 Å². The van der Waals surface area contributed by atoms with Crippen molar-refractivity contribution in [2.24, 2.45) is 5.92 Å². The predicted molar refractivity (Wildman–Crippen MR) is 76.2 cm³/mol. The number of hydrogen-bond donors (Lipinski definition) is 2. The van der Waals surface area contributed by atoms with Gasteiger partial charge in [0.05, 0.1) is 0 Å². The Kier molecular flexibility index (Phi) is 5.47. The van der Waals surface area contributed by atoms with Gasteiger partial charge in [-0.2, -0.15) is 0 Å². The maximum Gasteiger partial charge on any atom is 0.356 e. The average molecular weight is 284 g/mol. The molecule has 1 rings (SSSR count). The third-order valence-corrected chi connectivity index (χ3v) is 3.78. The van der Waals surface area contributed by atoms with E-state index in [0.29, 0.717) is 11.0 Å². The Morgan fingerprint density at radius 3 is 2.37 bits per heavy atom. The van der Waals surface area contributed by atoms with Gasteiger partial charge in [0.25, 0.3) is 0 Å². The van der Waals surface area contributed by atoms with E-state index < -0.39 is 5.97 Å². The molecule has 0 amide bonds. The quantitative estimate of drug-likeness (QED) is 0.751. The van der Waals surface area contributed by atoms with Gasteiger partial charge in [0.15, 0.2) is 16.6 Å². The number of Topliss-reactive ketones (excluding diaryl/α,β-unsaturated/α-hetero) is 1. The standard InChI is InChI=1S/C13H20N2O3S/c1-7(2)5-6-8(3)14-13-15-10(12(17)18)11(19-13)9(4)16/h7-8H,5-6H2,1-4H3,(H,14,15)(H,17,18). The molecule has 0 aliphatic heterocycles. The zero-order valence-electron chi connectivity index (χ0n) is 11.7. The summed E-state index contributed by atoms with van der Waals surface area (Å²) < 4.78 is 0. The summed E-state index contributed by atoms with van der Waals surface area (Å²) in [6.45, 7) is 7.70. The molecule has 1 aromatic heterocycles. The van der Waals surface area contributed by atoms with Gasteiger partial charge in [0.1, 0.15) is 4.88 Å². The van der Waals surface area contributed by atoms with E-state index >= 15 is 0 Å². The lowest BCUT2D eigenvalue weighted by molar-refractivity contribution is 0.0687. The number of rotatable bonds is 7. The van der Waals surface area contributed by atoms with Crippen molar-refractivity contribution in [2.45, 2.75) is 46.6 Å². The average Bonchev–Trinajstić information content (AvgIpc) is 2.70. The summed E-state index contributed by atoms with van der Waals surface area (Å²) in [5.41, 5.74) is -0.156. The van der Waals surface area contributed by atoms with Gasteiger partial charge < -0.3 is 10.4 Å². The largest absolute Gasteiger partial charge is 0.476 e. The highest BCUT2D eigenvalue weighted by atomic mass is 32.1. The first kappa shape index (κ1) is 15.6. The number of carbonyl (C=O) groups excluding carboxylic acids is 1. The van der Waals surface area contributed by atoms with Crippen LogP contribution in [0.3, 0.4) is 0 Å². The number of carboxylic acids is 1. The monoisotopic (exact) mass is 284 g/mol. The van der Waals surface area contributed by atoms with Crippen LogP contribution in [0, 0.1) is 5.92 Å². The predicted octanol–water partition coefficient (Wildman–Crippen LogP) is 3.28. The van der Waals surface area contributed by atoms with Gasteiger partial charge in [-0.3, -0.25) is 4.79 Å². The van der Waals surface area contributed by atoms with Crippen LogP contribution < -0.4 is 5.32 Å². The molecule has 0 spiro atoms. The first-order valence-corrected chi connectivity index (χ1v) is 7.14. The van der Waals surface area contributed by atoms with Crippen molar-refractivity contribution in [1.82, 2.24) is 4.98 Å². The first-order valence-electron chi connectivity index (χ1n) is 6.32. The molecule has 0 saturated carbocycles. The minimum atomic E-state index is -1.16. The van der Waals surface area contributed by atoms with Crippen LogP contribution >= 0.6 is 11.3 Å². The molecule has 1 heterocycles. The lowest BCUT2D eigenvalue weighted by Gasteiger charge is -2.13. The molecule has 0 aromatic carbocycles. The number of nitrogens with zero attached hydrogens (tertiary/aromatic N) is 1. The minimum absolute atomic E-state index is 0.156. The summed E-state index contributed by atoms with van der Waals surface area (Å²) in [6, 6.07) is 0.204. The number of carboxylic acid groups (broad SMARTS) is 1. The van der Waals surface area contributed by atoms with E-state index in [1.54, 1.807) is 0 Å². The molecule has 1 aromatic rings. The Labute approximate surface area is 117 Å². The van der Waals surface area contributed by atoms with Crippen LogP contribution in [0.1, 0.15) is 60.7 Å². The molecule has 2 N–H and O–H groups in total. The Balaban J connectivity index is 2.77. The third kappa shape index (κ3) is 4.63. The van der Waals surface area contributed by atoms with Crippen molar-refractivity contribution in [3.63, 3.8) is 0 Å². The van der Waals surface area contributed by atoms with Gasteiger partial charge in [0, 0.05) is 13.0 Å². The van der Waals surface area contributed by atoms with Gasteiger partial charge in [-0.1, -0.05) is 25.2 Å². The molecule has 1 atom stereocenters. The number of nitrogens with one attached hydrogen (secondary N) is 1. The van der Waals surface area contributed by atoms with E-state index in [0.717, 1.165) is 24.2 Å². The maximum absolute atomic E-state index is 11.4. The Hall–Kier alpha value is -1.43. The van der Waals surface area contributed by atoms with Crippen LogP contribution in [0.2, 0.25) is 0 Å². The highest BCUT2D eigenvalue weighted by Gasteiger charge is 2.21. The molecule has 0 radical (unpaired) electrons. The van der Waals surface area contributed by atoms with E-state index in [9.17, 15) is 9.59 Å². The number of ketones is 1. The van der Waals surface area contributed by atoms with Crippen molar-refractivity contribution in [3.05, 3.63) is 10.6 Å². The summed E-state index contributed by atoms with van der Waals surface area (Å²) in [4.78, 5) is 26.6. The smallest absolute Gasteiger partial charge is 0.356 e. The van der Waals surface area contributed by atoms with Crippen LogP contribution in [-0.2, 0) is 0 Å². The third-order valence-electron chi connectivity index (χ3n) is 2.70. The SMILES string of the molecule is CC(=O)c1sc(NC(C)CCC(C)C)nc1C(=O)O. The minimum Gasteiger partial charge on any atom is -0.476 e. The first-order chi connectivity index (χ1) is 8.81. The number of aromatic nitrogens is 1. The van der Waals surface area contributed by atoms with Gasteiger partial charge in [-0.05, 0) is 25.7 Å². The molecule has 1 unspecified atom stereocenters. The molecule has 0 aliphatic rings. The number of anilines is 1. The maximum atomic E-state index is 11.4. The fourth-order valence-electron chi connectivity index (χ4n) is 1.63. The van der Waals surface area contributed by atoms with Gasteiger partial charge in [0.2, 0.25) is 0 Å². The van der Waals surface area contributed by atoms with E-state index in [1.165, 1.54) is 6.92 Å². The fraction of sp³-hybridized carbons (Fsp3) is 0.615. The molecule has 19 heavy (non-hydrogen) atoms. The second kappa shape index (κ2) is 6.65. The van der Waals surface area contributed by atoms with Crippen molar-refractivity contribution >= 4 is 28.2 Å². The Morgan fingerprint density at radius 2 is 1.95 bits per heavy atom. The second-order valence-electron chi connectivity index (χ2n) is 5.07. The molecular weight excluding hydrogens is 264 g/mol. The normalized spacial score (nSPS) is 12.5. The highest BCUT2D eigenvalue weighted by molar-refractivity contribution is 7.17. The van der Waals surface area contributed by atoms with E-state index in [1.807, 2.05) is 6.92 Å². The van der Waals surface area contributed by atoms with Gasteiger partial charge in [-0.25, -0.2) is 9.78 Å². The molecule has 0 bridgehead atoms. The van der Waals surface area contributed by atoms with Crippen LogP contribution in [-0.4, -0.2) is 27.9 Å². The second-order valence-corrected chi connectivity index (χ2v) is 6.07. The molecule has 0 fully saturated rings. The molecule has 0 aliphatic carbocycles. The summed E-state index contributed by atoms with van der Waals surface area (Å²) in [6.07, 6.45) is 2.07. The number of thiazole rings is 1. The van der Waals surface area contributed by atoms with Gasteiger partial charge in [-0.15, -0.1) is 0 Å². The van der Waals surface area contributed by atoms with Crippen molar-refractivity contribution < 1.29 is 14.7 Å². The van der Waals surface area contributed by atoms with Crippen molar-refractivity contribution in [2.75, 3.05) is 5.32 Å². The molecule has 0 saturated heterocycles. The molecule has 106 valence electrons. The summed E-state index contributed by atoms with van der Waals surface area (Å²) in [5.74, 6) is -0.801. The Morgan fingerprint density at radius 1 is 1.32 bits per heavy atom. The topological polar surface area (TPSA) is 79.3 Å². The number of hydrogen-bond acceptors (Lipinski definition) is 5. The van der Waals surface area contributed by atoms with Gasteiger partial charge >= 0.3 is 5.97 Å². The zero-order chi connectivity index (χ0) is 14.6. The van der Waals surface area contributed by atoms with Crippen molar-refractivity contribution in [3.8, 4) is 0 Å². The summed E-state index contributed by atoms with van der Waals surface area (Å²) in [5, 5.41) is 12.7.